The zero-order chi connectivity index (χ0) is 18.1. The summed E-state index contributed by atoms with van der Waals surface area (Å²) in [6.45, 7) is 2.43. The summed E-state index contributed by atoms with van der Waals surface area (Å²) in [5.41, 5.74) is 2.45. The van der Waals surface area contributed by atoms with Crippen molar-refractivity contribution in [2.24, 2.45) is 11.8 Å². The SMILES string of the molecule is CC1CC1C(=O)NCCC(=O)Nc1ccc2nc(-c3cccs3)[nH]c2c1. The second kappa shape index (κ2) is 6.92. The van der Waals surface area contributed by atoms with Crippen molar-refractivity contribution >= 4 is 39.9 Å². The van der Waals surface area contributed by atoms with Crippen molar-refractivity contribution < 1.29 is 9.59 Å². The van der Waals surface area contributed by atoms with E-state index in [0.717, 1.165) is 28.2 Å². The van der Waals surface area contributed by atoms with Crippen LogP contribution in [0.2, 0.25) is 0 Å². The molecule has 2 heterocycles. The summed E-state index contributed by atoms with van der Waals surface area (Å²) in [4.78, 5) is 32.8. The Morgan fingerprint density at radius 1 is 1.35 bits per heavy atom. The van der Waals surface area contributed by atoms with Gasteiger partial charge < -0.3 is 15.6 Å². The first kappa shape index (κ1) is 16.8. The summed E-state index contributed by atoms with van der Waals surface area (Å²) >= 11 is 1.63. The van der Waals surface area contributed by atoms with Gasteiger partial charge in [0.2, 0.25) is 11.8 Å². The molecule has 0 spiro atoms. The van der Waals surface area contributed by atoms with Crippen LogP contribution in [0.5, 0.6) is 0 Å². The van der Waals surface area contributed by atoms with Gasteiger partial charge in [-0.05, 0) is 42.0 Å². The number of thiophene rings is 1. The molecule has 134 valence electrons. The van der Waals surface area contributed by atoms with Gasteiger partial charge in [-0.25, -0.2) is 4.98 Å². The second-order valence-corrected chi connectivity index (χ2v) is 7.65. The lowest BCUT2D eigenvalue weighted by Gasteiger charge is -2.06. The summed E-state index contributed by atoms with van der Waals surface area (Å²) in [5.74, 6) is 1.38. The molecule has 0 aliphatic heterocycles. The summed E-state index contributed by atoms with van der Waals surface area (Å²) in [6.07, 6.45) is 1.21. The number of imidazole rings is 1. The number of carbonyl (C=O) groups is 2. The van der Waals surface area contributed by atoms with Crippen molar-refractivity contribution in [3.05, 3.63) is 35.7 Å². The van der Waals surface area contributed by atoms with Gasteiger partial charge in [0.25, 0.3) is 0 Å². The predicted molar refractivity (Wildman–Crippen MR) is 103 cm³/mol. The van der Waals surface area contributed by atoms with Crippen LogP contribution in [-0.4, -0.2) is 28.3 Å². The minimum atomic E-state index is -0.119. The fourth-order valence-electron chi connectivity index (χ4n) is 2.96. The molecular formula is C19H20N4O2S. The van der Waals surface area contributed by atoms with E-state index < -0.39 is 0 Å². The van der Waals surface area contributed by atoms with Crippen LogP contribution in [0.1, 0.15) is 19.8 Å². The number of carbonyl (C=O) groups excluding carboxylic acids is 2. The van der Waals surface area contributed by atoms with Crippen molar-refractivity contribution in [1.29, 1.82) is 0 Å². The first-order valence-electron chi connectivity index (χ1n) is 8.71. The lowest BCUT2D eigenvalue weighted by molar-refractivity contribution is -0.122. The molecule has 26 heavy (non-hydrogen) atoms. The van der Waals surface area contributed by atoms with E-state index >= 15 is 0 Å². The normalized spacial score (nSPS) is 18.7. The third-order valence-electron chi connectivity index (χ3n) is 4.62. The van der Waals surface area contributed by atoms with E-state index in [4.69, 9.17) is 0 Å². The van der Waals surface area contributed by atoms with E-state index in [1.807, 2.05) is 35.7 Å². The van der Waals surface area contributed by atoms with Gasteiger partial charge in [-0.1, -0.05) is 13.0 Å². The molecule has 1 saturated carbocycles. The molecule has 2 aromatic heterocycles. The molecule has 2 amide bonds. The molecule has 4 rings (SSSR count). The number of amides is 2. The molecular weight excluding hydrogens is 348 g/mol. The highest BCUT2D eigenvalue weighted by atomic mass is 32.1. The number of rotatable bonds is 6. The summed E-state index contributed by atoms with van der Waals surface area (Å²) in [5, 5.41) is 7.71. The molecule has 0 radical (unpaired) electrons. The fraction of sp³-hybridized carbons (Fsp3) is 0.316. The smallest absolute Gasteiger partial charge is 0.226 e. The second-order valence-electron chi connectivity index (χ2n) is 6.70. The van der Waals surface area contributed by atoms with Gasteiger partial charge in [-0.15, -0.1) is 11.3 Å². The quantitative estimate of drug-likeness (QED) is 0.623. The molecule has 2 atom stereocenters. The van der Waals surface area contributed by atoms with Gasteiger partial charge in [0, 0.05) is 24.6 Å². The minimum absolute atomic E-state index is 0.0604. The minimum Gasteiger partial charge on any atom is -0.355 e. The topological polar surface area (TPSA) is 86.9 Å². The molecule has 3 N–H and O–H groups in total. The zero-order valence-corrected chi connectivity index (χ0v) is 15.2. The van der Waals surface area contributed by atoms with Crippen molar-refractivity contribution in [3.8, 4) is 10.7 Å². The molecule has 2 unspecified atom stereocenters. The van der Waals surface area contributed by atoms with Crippen molar-refractivity contribution in [3.63, 3.8) is 0 Å². The number of anilines is 1. The van der Waals surface area contributed by atoms with E-state index in [9.17, 15) is 9.59 Å². The lowest BCUT2D eigenvalue weighted by atomic mass is 10.2. The first-order valence-corrected chi connectivity index (χ1v) is 9.59. The average molecular weight is 368 g/mol. The molecule has 1 fully saturated rings. The van der Waals surface area contributed by atoms with Gasteiger partial charge >= 0.3 is 0 Å². The van der Waals surface area contributed by atoms with Crippen LogP contribution in [0, 0.1) is 11.8 Å². The number of aromatic nitrogens is 2. The fourth-order valence-corrected chi connectivity index (χ4v) is 3.63. The Hall–Kier alpha value is -2.67. The number of aromatic amines is 1. The Balaban J connectivity index is 1.34. The zero-order valence-electron chi connectivity index (χ0n) is 14.4. The summed E-state index contributed by atoms with van der Waals surface area (Å²) in [6, 6.07) is 9.60. The van der Waals surface area contributed by atoms with E-state index in [-0.39, 0.29) is 24.2 Å². The number of nitrogens with zero attached hydrogens (tertiary/aromatic N) is 1. The van der Waals surface area contributed by atoms with Crippen LogP contribution >= 0.6 is 11.3 Å². The maximum Gasteiger partial charge on any atom is 0.226 e. The highest BCUT2D eigenvalue weighted by molar-refractivity contribution is 7.13. The molecule has 0 bridgehead atoms. The monoisotopic (exact) mass is 368 g/mol. The van der Waals surface area contributed by atoms with Gasteiger partial charge in [0.1, 0.15) is 5.82 Å². The third kappa shape index (κ3) is 3.62. The van der Waals surface area contributed by atoms with Gasteiger partial charge in [0.05, 0.1) is 15.9 Å². The maximum atomic E-state index is 12.1. The van der Waals surface area contributed by atoms with Crippen LogP contribution < -0.4 is 10.6 Å². The Bertz CT molecular complexity index is 948. The van der Waals surface area contributed by atoms with E-state index in [1.165, 1.54) is 0 Å². The van der Waals surface area contributed by atoms with Crippen molar-refractivity contribution in [1.82, 2.24) is 15.3 Å². The van der Waals surface area contributed by atoms with Crippen LogP contribution in [0.25, 0.3) is 21.7 Å². The van der Waals surface area contributed by atoms with Crippen LogP contribution in [0.4, 0.5) is 5.69 Å². The molecule has 1 aliphatic rings. The van der Waals surface area contributed by atoms with Gasteiger partial charge in [-0.2, -0.15) is 0 Å². The average Bonchev–Trinajstić information content (AvgIpc) is 3.04. The Morgan fingerprint density at radius 3 is 2.92 bits per heavy atom. The molecule has 1 aliphatic carbocycles. The molecule has 6 nitrogen and oxygen atoms in total. The highest BCUT2D eigenvalue weighted by Gasteiger charge is 2.38. The molecule has 3 aromatic rings. The van der Waals surface area contributed by atoms with E-state index in [2.05, 4.69) is 27.5 Å². The van der Waals surface area contributed by atoms with Crippen molar-refractivity contribution in [2.75, 3.05) is 11.9 Å². The number of fused-ring (bicyclic) bond motifs is 1. The van der Waals surface area contributed by atoms with E-state index in [0.29, 0.717) is 18.2 Å². The summed E-state index contributed by atoms with van der Waals surface area (Å²) < 4.78 is 0. The largest absolute Gasteiger partial charge is 0.355 e. The number of benzene rings is 1. The van der Waals surface area contributed by atoms with Crippen LogP contribution in [0.15, 0.2) is 35.7 Å². The van der Waals surface area contributed by atoms with Crippen LogP contribution in [0.3, 0.4) is 0 Å². The number of H-pyrrole nitrogens is 1. The van der Waals surface area contributed by atoms with Gasteiger partial charge in [-0.3, -0.25) is 9.59 Å². The Morgan fingerprint density at radius 2 is 2.19 bits per heavy atom. The van der Waals surface area contributed by atoms with Crippen LogP contribution in [-0.2, 0) is 9.59 Å². The lowest BCUT2D eigenvalue weighted by Crippen LogP contribution is -2.29. The third-order valence-corrected chi connectivity index (χ3v) is 5.49. The number of hydrogen-bond acceptors (Lipinski definition) is 4. The standard InChI is InChI=1S/C19H20N4O2S/c1-11-9-13(11)19(25)20-7-6-17(24)21-12-4-5-14-15(10-12)23-18(22-14)16-3-2-8-26-16/h2-5,8,10-11,13H,6-7,9H2,1H3,(H,20,25)(H,21,24)(H,22,23). The number of hydrogen-bond donors (Lipinski definition) is 3. The molecule has 0 saturated heterocycles. The first-order chi connectivity index (χ1) is 12.6. The predicted octanol–water partition coefficient (Wildman–Crippen LogP) is 3.39. The summed E-state index contributed by atoms with van der Waals surface area (Å²) in [7, 11) is 0. The van der Waals surface area contributed by atoms with Crippen molar-refractivity contribution in [2.45, 2.75) is 19.8 Å². The molecule has 7 heteroatoms. The maximum absolute atomic E-state index is 12.1. The Labute approximate surface area is 155 Å². The highest BCUT2D eigenvalue weighted by Crippen LogP contribution is 2.37. The van der Waals surface area contributed by atoms with Gasteiger partial charge in [0.15, 0.2) is 0 Å². The van der Waals surface area contributed by atoms with E-state index in [1.54, 1.807) is 11.3 Å². The number of nitrogens with one attached hydrogen (secondary N) is 3. The molecule has 1 aromatic carbocycles. The Kier molecular flexibility index (Phi) is 4.46.